The third-order valence-electron chi connectivity index (χ3n) is 3.07. The summed E-state index contributed by atoms with van der Waals surface area (Å²) in [6.07, 6.45) is 1.42. The van der Waals surface area contributed by atoms with Crippen LogP contribution in [0.25, 0.3) is 0 Å². The molecule has 0 aliphatic heterocycles. The summed E-state index contributed by atoms with van der Waals surface area (Å²) < 4.78 is 0. The molecule has 114 valence electrons. The lowest BCUT2D eigenvalue weighted by Gasteiger charge is -2.03. The number of amidine groups is 1. The van der Waals surface area contributed by atoms with Crippen LogP contribution in [0.3, 0.4) is 0 Å². The highest BCUT2D eigenvalue weighted by Crippen LogP contribution is 2.12. The van der Waals surface area contributed by atoms with E-state index in [2.05, 4.69) is 5.16 Å². The number of hydrogen-bond acceptors (Lipinski definition) is 4. The second-order valence-corrected chi connectivity index (χ2v) is 4.77. The van der Waals surface area contributed by atoms with Gasteiger partial charge in [-0.3, -0.25) is 10.1 Å². The van der Waals surface area contributed by atoms with Crippen LogP contribution in [0.15, 0.2) is 59.8 Å². The molecule has 2 N–H and O–H groups in total. The Morgan fingerprint density at radius 1 is 1.09 bits per heavy atom. The molecule has 0 fully saturated rings. The molecule has 0 saturated heterocycles. The average molecular weight is 299 g/mol. The van der Waals surface area contributed by atoms with Crippen LogP contribution in [0, 0.1) is 10.1 Å². The van der Waals surface area contributed by atoms with Crippen LogP contribution in [0.2, 0.25) is 0 Å². The third-order valence-corrected chi connectivity index (χ3v) is 3.07. The topological polar surface area (TPSA) is 90.8 Å². The third kappa shape index (κ3) is 4.90. The number of nitrogens with zero attached hydrogens (tertiary/aromatic N) is 2. The average Bonchev–Trinajstić information content (AvgIpc) is 2.54. The fraction of sp³-hybridized carbons (Fsp3) is 0.188. The number of rotatable bonds is 7. The van der Waals surface area contributed by atoms with E-state index in [9.17, 15) is 10.1 Å². The monoisotopic (exact) mass is 299 g/mol. The Bertz CT molecular complexity index is 639. The highest BCUT2D eigenvalue weighted by Gasteiger charge is 2.04. The Balaban J connectivity index is 1.77. The molecule has 0 aliphatic carbocycles. The van der Waals surface area contributed by atoms with E-state index >= 15 is 0 Å². The molecule has 0 amide bonds. The Morgan fingerprint density at radius 2 is 1.77 bits per heavy atom. The maximum Gasteiger partial charge on any atom is 0.269 e. The fourth-order valence-electron chi connectivity index (χ4n) is 1.87. The number of nitrogens with two attached hydrogens (primary N) is 1. The zero-order valence-electron chi connectivity index (χ0n) is 12.0. The molecule has 2 aromatic carbocycles. The van der Waals surface area contributed by atoms with Crippen molar-refractivity contribution in [1.29, 1.82) is 0 Å². The van der Waals surface area contributed by atoms with Crippen molar-refractivity contribution in [3.05, 3.63) is 75.8 Å². The summed E-state index contributed by atoms with van der Waals surface area (Å²) in [5, 5.41) is 14.4. The van der Waals surface area contributed by atoms with Crippen molar-refractivity contribution in [3.63, 3.8) is 0 Å². The maximum absolute atomic E-state index is 10.5. The number of hydrogen-bond donors (Lipinski definition) is 1. The number of benzene rings is 2. The van der Waals surface area contributed by atoms with Gasteiger partial charge in [0.05, 0.1) is 4.92 Å². The van der Waals surface area contributed by atoms with E-state index in [4.69, 9.17) is 10.6 Å². The second kappa shape index (κ2) is 7.78. The van der Waals surface area contributed by atoms with Gasteiger partial charge in [-0.1, -0.05) is 35.5 Å². The minimum absolute atomic E-state index is 0.0506. The van der Waals surface area contributed by atoms with Crippen molar-refractivity contribution in [1.82, 2.24) is 0 Å². The number of aryl methyl sites for hydroxylation is 1. The van der Waals surface area contributed by atoms with Gasteiger partial charge in [-0.25, -0.2) is 0 Å². The largest absolute Gasteiger partial charge is 0.390 e. The van der Waals surface area contributed by atoms with Crippen molar-refractivity contribution in [3.8, 4) is 0 Å². The fourth-order valence-corrected chi connectivity index (χ4v) is 1.87. The van der Waals surface area contributed by atoms with Gasteiger partial charge in [0.2, 0.25) is 0 Å². The Kier molecular flexibility index (Phi) is 5.48. The molecular formula is C16H17N3O3. The smallest absolute Gasteiger partial charge is 0.269 e. The van der Waals surface area contributed by atoms with Crippen LogP contribution < -0.4 is 5.73 Å². The van der Waals surface area contributed by atoms with Gasteiger partial charge in [0.1, 0.15) is 12.4 Å². The van der Waals surface area contributed by atoms with Crippen molar-refractivity contribution in [2.24, 2.45) is 10.9 Å². The Morgan fingerprint density at radius 3 is 2.41 bits per heavy atom. The zero-order valence-corrected chi connectivity index (χ0v) is 12.0. The molecule has 0 radical (unpaired) electrons. The van der Waals surface area contributed by atoms with Crippen molar-refractivity contribution >= 4 is 11.5 Å². The van der Waals surface area contributed by atoms with Gasteiger partial charge in [-0.2, -0.15) is 0 Å². The predicted octanol–water partition coefficient (Wildman–Crippen LogP) is 3.02. The van der Waals surface area contributed by atoms with Crippen LogP contribution >= 0.6 is 0 Å². The second-order valence-electron chi connectivity index (χ2n) is 4.77. The first-order valence-corrected chi connectivity index (χ1v) is 6.86. The summed E-state index contributed by atoms with van der Waals surface area (Å²) in [5.41, 5.74) is 7.82. The van der Waals surface area contributed by atoms with Crippen LogP contribution in [-0.4, -0.2) is 10.8 Å². The van der Waals surface area contributed by atoms with Gasteiger partial charge in [0.25, 0.3) is 5.69 Å². The minimum Gasteiger partial charge on any atom is -0.390 e. The lowest BCUT2D eigenvalue weighted by Crippen LogP contribution is -2.13. The first-order valence-electron chi connectivity index (χ1n) is 6.86. The zero-order chi connectivity index (χ0) is 15.8. The normalized spacial score (nSPS) is 11.2. The summed E-state index contributed by atoms with van der Waals surface area (Å²) in [7, 11) is 0. The quantitative estimate of drug-likeness (QED) is 0.368. The standard InChI is InChI=1S/C16H17N3O3/c17-16(11-8-13-4-2-1-3-5-13)18-22-12-14-6-9-15(10-7-14)19(20)21/h1-7,9-10H,8,11-12H2,(H2,17,18). The van der Waals surface area contributed by atoms with E-state index in [1.807, 2.05) is 30.3 Å². The number of non-ortho nitro benzene ring substituents is 1. The van der Waals surface area contributed by atoms with E-state index < -0.39 is 4.92 Å². The SMILES string of the molecule is N/C(CCc1ccccc1)=N\OCc1ccc([N+](=O)[O-])cc1. The number of oxime groups is 1. The van der Waals surface area contributed by atoms with Crippen molar-refractivity contribution < 1.29 is 9.76 Å². The molecule has 0 aliphatic rings. The van der Waals surface area contributed by atoms with Crippen LogP contribution in [-0.2, 0) is 17.9 Å². The first kappa shape index (κ1) is 15.5. The summed E-state index contributed by atoms with van der Waals surface area (Å²) in [6.45, 7) is 0.226. The van der Waals surface area contributed by atoms with Crippen molar-refractivity contribution in [2.45, 2.75) is 19.4 Å². The van der Waals surface area contributed by atoms with Gasteiger partial charge in [0.15, 0.2) is 0 Å². The molecule has 6 heteroatoms. The Labute approximate surface area is 128 Å². The van der Waals surface area contributed by atoms with E-state index in [-0.39, 0.29) is 12.3 Å². The molecule has 0 heterocycles. The summed E-state index contributed by atoms with van der Waals surface area (Å²) >= 11 is 0. The molecule has 0 saturated carbocycles. The molecule has 2 aromatic rings. The summed E-state index contributed by atoms with van der Waals surface area (Å²) in [6, 6.07) is 16.1. The molecular weight excluding hydrogens is 282 g/mol. The Hall–Kier alpha value is -2.89. The number of nitro groups is 1. The highest BCUT2D eigenvalue weighted by atomic mass is 16.6. The summed E-state index contributed by atoms with van der Waals surface area (Å²) in [5.74, 6) is 0.422. The van der Waals surface area contributed by atoms with Gasteiger partial charge >= 0.3 is 0 Å². The molecule has 0 bridgehead atoms. The van der Waals surface area contributed by atoms with Gasteiger partial charge in [-0.05, 0) is 29.7 Å². The van der Waals surface area contributed by atoms with Crippen LogP contribution in [0.4, 0.5) is 5.69 Å². The molecule has 0 aromatic heterocycles. The molecule has 2 rings (SSSR count). The molecule has 22 heavy (non-hydrogen) atoms. The van der Waals surface area contributed by atoms with Gasteiger partial charge in [-0.15, -0.1) is 0 Å². The number of nitro benzene ring substituents is 1. The highest BCUT2D eigenvalue weighted by molar-refractivity contribution is 5.79. The molecule has 6 nitrogen and oxygen atoms in total. The maximum atomic E-state index is 10.5. The summed E-state index contributed by atoms with van der Waals surface area (Å²) in [4.78, 5) is 15.3. The van der Waals surface area contributed by atoms with E-state index in [0.717, 1.165) is 12.0 Å². The van der Waals surface area contributed by atoms with E-state index in [1.165, 1.54) is 17.7 Å². The molecule has 0 atom stereocenters. The lowest BCUT2D eigenvalue weighted by atomic mass is 10.1. The lowest BCUT2D eigenvalue weighted by molar-refractivity contribution is -0.384. The predicted molar refractivity (Wildman–Crippen MR) is 84.3 cm³/mol. The van der Waals surface area contributed by atoms with Crippen molar-refractivity contribution in [2.75, 3.05) is 0 Å². The van der Waals surface area contributed by atoms with Crippen LogP contribution in [0.5, 0.6) is 0 Å². The molecule has 0 spiro atoms. The van der Waals surface area contributed by atoms with Gasteiger partial charge < -0.3 is 10.6 Å². The molecule has 0 unspecified atom stereocenters. The van der Waals surface area contributed by atoms with Crippen LogP contribution in [0.1, 0.15) is 17.5 Å². The first-order chi connectivity index (χ1) is 10.6. The van der Waals surface area contributed by atoms with E-state index in [0.29, 0.717) is 12.3 Å². The minimum atomic E-state index is -0.440. The van der Waals surface area contributed by atoms with E-state index in [1.54, 1.807) is 12.1 Å². The van der Waals surface area contributed by atoms with Gasteiger partial charge in [0, 0.05) is 18.6 Å².